The molecule has 0 aromatic heterocycles. The van der Waals surface area contributed by atoms with E-state index in [-0.39, 0.29) is 1.43 Å². The minimum atomic E-state index is 0. The van der Waals surface area contributed by atoms with Crippen molar-refractivity contribution in [2.24, 2.45) is 16.6 Å². The summed E-state index contributed by atoms with van der Waals surface area (Å²) in [6.07, 6.45) is 10.7. The van der Waals surface area contributed by atoms with E-state index in [1.54, 1.807) is 0 Å². The van der Waals surface area contributed by atoms with Gasteiger partial charge in [0.25, 0.3) is 0 Å². The van der Waals surface area contributed by atoms with E-state index in [9.17, 15) is 0 Å². The van der Waals surface area contributed by atoms with Crippen molar-refractivity contribution in [1.82, 2.24) is 0 Å². The molecule has 0 radical (unpaired) electrons. The van der Waals surface area contributed by atoms with Crippen LogP contribution in [0, 0.1) is 10.8 Å². The van der Waals surface area contributed by atoms with Gasteiger partial charge >= 0.3 is 0 Å². The first-order chi connectivity index (χ1) is 7.60. The summed E-state index contributed by atoms with van der Waals surface area (Å²) in [5.74, 6) is 0. The number of rotatable bonds is 1. The lowest BCUT2D eigenvalue weighted by molar-refractivity contribution is 0.490. The van der Waals surface area contributed by atoms with Crippen LogP contribution in [-0.2, 0) is 0 Å². The van der Waals surface area contributed by atoms with Crippen molar-refractivity contribution in [3.8, 4) is 0 Å². The van der Waals surface area contributed by atoms with Gasteiger partial charge in [0.15, 0.2) is 0 Å². The number of hydrogen-bond donors (Lipinski definition) is 1. The summed E-state index contributed by atoms with van der Waals surface area (Å²) in [5.41, 5.74) is 9.45. The standard InChI is InChI=1S/C13H17N.C2H6.H2/c1-9(2)10-3-6-13-8-12(13,7-10)5-4-11(13)14;1-2;/h3,6-7,11H,1,4-5,8,14H2,2H3;1-2H3;1H/t11-,12?,13?;;/m0../s1. The number of nitrogens with two attached hydrogens (primary N) is 1. The van der Waals surface area contributed by atoms with Gasteiger partial charge in [-0.2, -0.15) is 0 Å². The average molecular weight is 219 g/mol. The maximum absolute atomic E-state index is 6.18. The predicted octanol–water partition coefficient (Wildman–Crippen LogP) is 3.83. The third-order valence-corrected chi connectivity index (χ3v) is 4.46. The molecule has 3 aliphatic carbocycles. The van der Waals surface area contributed by atoms with Crippen molar-refractivity contribution in [1.29, 1.82) is 0 Å². The Kier molecular flexibility index (Phi) is 2.62. The van der Waals surface area contributed by atoms with Gasteiger partial charge in [-0.15, -0.1) is 0 Å². The maximum Gasteiger partial charge on any atom is 0.0139 e. The molecule has 2 N–H and O–H groups in total. The molecular formula is C15H25N. The molecule has 3 atom stereocenters. The summed E-state index contributed by atoms with van der Waals surface area (Å²) in [7, 11) is 0. The van der Waals surface area contributed by atoms with Crippen molar-refractivity contribution < 1.29 is 1.43 Å². The highest BCUT2D eigenvalue weighted by atomic mass is 14.9. The smallest absolute Gasteiger partial charge is 0.0139 e. The zero-order chi connectivity index (χ0) is 12.0. The Bertz CT molecular complexity index is 382. The SMILES string of the molecule is C=C(C)C1=CC23CC[C@H](N)C2(C=C1)C3.CC.[HH]. The number of hydrogen-bond acceptors (Lipinski definition) is 1. The molecule has 0 aromatic rings. The van der Waals surface area contributed by atoms with Crippen molar-refractivity contribution in [2.75, 3.05) is 0 Å². The van der Waals surface area contributed by atoms with Crippen molar-refractivity contribution in [2.45, 2.75) is 46.1 Å². The molecule has 0 spiro atoms. The van der Waals surface area contributed by atoms with Crippen LogP contribution < -0.4 is 5.73 Å². The summed E-state index contributed by atoms with van der Waals surface area (Å²) in [5, 5.41) is 0. The van der Waals surface area contributed by atoms with Gasteiger partial charge < -0.3 is 5.73 Å². The second-order valence-corrected chi connectivity index (χ2v) is 5.23. The van der Waals surface area contributed by atoms with E-state index >= 15 is 0 Å². The summed E-state index contributed by atoms with van der Waals surface area (Å²) in [6, 6.07) is 0.390. The number of allylic oxidation sites excluding steroid dienone is 4. The topological polar surface area (TPSA) is 26.0 Å². The van der Waals surface area contributed by atoms with Crippen molar-refractivity contribution in [3.63, 3.8) is 0 Å². The van der Waals surface area contributed by atoms with E-state index in [2.05, 4.69) is 31.7 Å². The fraction of sp³-hybridized carbons (Fsp3) is 0.600. The van der Waals surface area contributed by atoms with Gasteiger partial charge in [-0.25, -0.2) is 0 Å². The molecule has 0 bridgehead atoms. The molecule has 2 unspecified atom stereocenters. The summed E-state index contributed by atoms with van der Waals surface area (Å²) in [4.78, 5) is 0. The molecule has 1 heteroatoms. The minimum absolute atomic E-state index is 0. The van der Waals surface area contributed by atoms with Crippen LogP contribution >= 0.6 is 0 Å². The molecule has 3 aliphatic rings. The second-order valence-electron chi connectivity index (χ2n) is 5.23. The first kappa shape index (κ1) is 11.7. The van der Waals surface area contributed by atoms with E-state index in [0.717, 1.165) is 0 Å². The highest BCUT2D eigenvalue weighted by Crippen LogP contribution is 2.76. The molecule has 3 rings (SSSR count). The van der Waals surface area contributed by atoms with Crippen LogP contribution in [-0.4, -0.2) is 6.04 Å². The third-order valence-electron chi connectivity index (χ3n) is 4.46. The van der Waals surface area contributed by atoms with Gasteiger partial charge in [-0.1, -0.05) is 44.2 Å². The predicted molar refractivity (Wildman–Crippen MR) is 72.2 cm³/mol. The molecule has 0 saturated heterocycles. The van der Waals surface area contributed by atoms with Crippen LogP contribution in [0.25, 0.3) is 0 Å². The van der Waals surface area contributed by atoms with Gasteiger partial charge in [0.1, 0.15) is 0 Å². The lowest BCUT2D eigenvalue weighted by Gasteiger charge is -2.21. The summed E-state index contributed by atoms with van der Waals surface area (Å²) >= 11 is 0. The van der Waals surface area contributed by atoms with Crippen LogP contribution in [0.5, 0.6) is 0 Å². The zero-order valence-electron chi connectivity index (χ0n) is 10.7. The normalized spacial score (nSPS) is 42.5. The molecule has 2 fully saturated rings. The highest BCUT2D eigenvalue weighted by Gasteiger charge is 2.71. The van der Waals surface area contributed by atoms with Gasteiger partial charge in [0.2, 0.25) is 0 Å². The second kappa shape index (κ2) is 3.59. The van der Waals surface area contributed by atoms with Crippen LogP contribution in [0.2, 0.25) is 0 Å². The van der Waals surface area contributed by atoms with E-state index in [0.29, 0.717) is 16.9 Å². The largest absolute Gasteiger partial charge is 0.327 e. The lowest BCUT2D eigenvalue weighted by Crippen LogP contribution is -2.28. The molecule has 90 valence electrons. The monoisotopic (exact) mass is 219 g/mol. The average Bonchev–Trinajstić information content (AvgIpc) is 2.90. The van der Waals surface area contributed by atoms with Crippen molar-refractivity contribution in [3.05, 3.63) is 36.0 Å². The Morgan fingerprint density at radius 2 is 2.25 bits per heavy atom. The van der Waals surface area contributed by atoms with E-state index in [4.69, 9.17) is 5.73 Å². The molecule has 2 saturated carbocycles. The molecule has 16 heavy (non-hydrogen) atoms. The zero-order valence-corrected chi connectivity index (χ0v) is 10.7. The minimum Gasteiger partial charge on any atom is -0.327 e. The quantitative estimate of drug-likeness (QED) is 0.712. The Morgan fingerprint density at radius 1 is 1.56 bits per heavy atom. The molecular weight excluding hydrogens is 194 g/mol. The third kappa shape index (κ3) is 1.27. The Morgan fingerprint density at radius 3 is 2.88 bits per heavy atom. The summed E-state index contributed by atoms with van der Waals surface area (Å²) in [6.45, 7) is 10.1. The first-order valence-electron chi connectivity index (χ1n) is 6.43. The Hall–Kier alpha value is -0.820. The van der Waals surface area contributed by atoms with Crippen LogP contribution in [0.15, 0.2) is 36.0 Å². The van der Waals surface area contributed by atoms with Gasteiger partial charge in [-0.05, 0) is 31.8 Å². The van der Waals surface area contributed by atoms with Gasteiger partial charge in [0.05, 0.1) is 0 Å². The molecule has 1 nitrogen and oxygen atoms in total. The van der Waals surface area contributed by atoms with Gasteiger partial charge in [-0.3, -0.25) is 0 Å². The molecule has 0 aromatic carbocycles. The van der Waals surface area contributed by atoms with Crippen LogP contribution in [0.3, 0.4) is 0 Å². The molecule has 0 aliphatic heterocycles. The van der Waals surface area contributed by atoms with Gasteiger partial charge in [0, 0.05) is 18.3 Å². The highest BCUT2D eigenvalue weighted by molar-refractivity contribution is 5.50. The molecule has 0 amide bonds. The maximum atomic E-state index is 6.18. The first-order valence-corrected chi connectivity index (χ1v) is 6.43. The van der Waals surface area contributed by atoms with E-state index < -0.39 is 0 Å². The van der Waals surface area contributed by atoms with Crippen LogP contribution in [0.4, 0.5) is 0 Å². The fourth-order valence-corrected chi connectivity index (χ4v) is 3.43. The Labute approximate surface area is 101 Å². The lowest BCUT2D eigenvalue weighted by atomic mass is 9.85. The summed E-state index contributed by atoms with van der Waals surface area (Å²) < 4.78 is 0. The Balaban J connectivity index is 0.000000459. The van der Waals surface area contributed by atoms with Crippen molar-refractivity contribution >= 4 is 0 Å². The molecule has 0 heterocycles. The van der Waals surface area contributed by atoms with E-state index in [1.807, 2.05) is 13.8 Å². The van der Waals surface area contributed by atoms with Crippen LogP contribution in [0.1, 0.15) is 41.5 Å². The van der Waals surface area contributed by atoms with E-state index in [1.165, 1.54) is 30.4 Å². The fourth-order valence-electron chi connectivity index (χ4n) is 3.43.